The number of nitrogens with one attached hydrogen (secondary N) is 2. The van der Waals surface area contributed by atoms with Crippen molar-refractivity contribution in [3.63, 3.8) is 0 Å². The summed E-state index contributed by atoms with van der Waals surface area (Å²) in [6.07, 6.45) is 6.71. The van der Waals surface area contributed by atoms with E-state index in [0.717, 1.165) is 60.9 Å². The second-order valence-corrected chi connectivity index (χ2v) is 9.43. The molecular formula is C25H31N5O2S. The van der Waals surface area contributed by atoms with E-state index in [1.165, 1.54) is 0 Å². The molecule has 33 heavy (non-hydrogen) atoms. The van der Waals surface area contributed by atoms with Gasteiger partial charge >= 0.3 is 0 Å². The molecule has 0 spiro atoms. The van der Waals surface area contributed by atoms with Crippen LogP contribution in [-0.4, -0.2) is 58.3 Å². The van der Waals surface area contributed by atoms with Gasteiger partial charge in [-0.25, -0.2) is 4.98 Å². The molecule has 3 aromatic rings. The van der Waals surface area contributed by atoms with Crippen LogP contribution in [0.3, 0.4) is 0 Å². The number of hydrogen-bond acceptors (Lipinski definition) is 5. The maximum Gasteiger partial charge on any atom is 0.251 e. The van der Waals surface area contributed by atoms with Crippen LogP contribution in [0.5, 0.6) is 0 Å². The van der Waals surface area contributed by atoms with Crippen molar-refractivity contribution in [1.29, 1.82) is 0 Å². The first-order valence-corrected chi connectivity index (χ1v) is 12.5. The SMILES string of the molecule is CCCNC(=O)CN1CCC(NC(=O)c2ccc(SCc3cn4ccccc4n3)cc2)CC1. The van der Waals surface area contributed by atoms with E-state index >= 15 is 0 Å². The van der Waals surface area contributed by atoms with Gasteiger partial charge in [0, 0.05) is 54.3 Å². The molecule has 174 valence electrons. The minimum atomic E-state index is -0.0361. The molecule has 1 aliphatic rings. The molecule has 0 aliphatic carbocycles. The molecule has 1 fully saturated rings. The highest BCUT2D eigenvalue weighted by atomic mass is 32.2. The first kappa shape index (κ1) is 23.3. The van der Waals surface area contributed by atoms with Gasteiger partial charge in [0.15, 0.2) is 0 Å². The van der Waals surface area contributed by atoms with E-state index < -0.39 is 0 Å². The minimum absolute atomic E-state index is 0.0361. The van der Waals surface area contributed by atoms with Gasteiger partial charge in [0.2, 0.25) is 5.91 Å². The Morgan fingerprint density at radius 2 is 1.91 bits per heavy atom. The summed E-state index contributed by atoms with van der Waals surface area (Å²) in [4.78, 5) is 32.4. The zero-order valence-electron chi connectivity index (χ0n) is 19.0. The fourth-order valence-electron chi connectivity index (χ4n) is 3.94. The molecule has 0 radical (unpaired) electrons. The zero-order chi connectivity index (χ0) is 23.0. The first-order valence-electron chi connectivity index (χ1n) is 11.6. The van der Waals surface area contributed by atoms with Gasteiger partial charge in [-0.15, -0.1) is 11.8 Å². The lowest BCUT2D eigenvalue weighted by Gasteiger charge is -2.31. The number of aromatic nitrogens is 2. The van der Waals surface area contributed by atoms with Gasteiger partial charge in [-0.1, -0.05) is 13.0 Å². The Kier molecular flexibility index (Phi) is 8.01. The molecule has 8 heteroatoms. The molecule has 2 aromatic heterocycles. The number of likely N-dealkylation sites (tertiary alicyclic amines) is 1. The van der Waals surface area contributed by atoms with Gasteiger partial charge in [0.1, 0.15) is 5.65 Å². The average molecular weight is 466 g/mol. The number of pyridine rings is 1. The summed E-state index contributed by atoms with van der Waals surface area (Å²) in [7, 11) is 0. The highest BCUT2D eigenvalue weighted by molar-refractivity contribution is 7.98. The first-order chi connectivity index (χ1) is 16.1. The number of nitrogens with zero attached hydrogens (tertiary/aromatic N) is 3. The van der Waals surface area contributed by atoms with Crippen molar-refractivity contribution in [2.45, 2.75) is 42.9 Å². The van der Waals surface area contributed by atoms with Gasteiger partial charge in [-0.2, -0.15) is 0 Å². The third kappa shape index (κ3) is 6.58. The predicted octanol–water partition coefficient (Wildman–Crippen LogP) is 3.35. The third-order valence-electron chi connectivity index (χ3n) is 5.78. The third-order valence-corrected chi connectivity index (χ3v) is 6.82. The number of imidazole rings is 1. The Morgan fingerprint density at radius 1 is 1.12 bits per heavy atom. The van der Waals surface area contributed by atoms with Crippen molar-refractivity contribution in [2.75, 3.05) is 26.2 Å². The summed E-state index contributed by atoms with van der Waals surface area (Å²) in [6.45, 7) is 4.86. The van der Waals surface area contributed by atoms with Crippen LogP contribution in [0.4, 0.5) is 0 Å². The smallest absolute Gasteiger partial charge is 0.251 e. The maximum absolute atomic E-state index is 12.7. The monoisotopic (exact) mass is 465 g/mol. The average Bonchev–Trinajstić information content (AvgIpc) is 3.26. The summed E-state index contributed by atoms with van der Waals surface area (Å²) < 4.78 is 2.02. The quantitative estimate of drug-likeness (QED) is 0.474. The van der Waals surface area contributed by atoms with E-state index in [1.807, 2.05) is 66.2 Å². The Labute approximate surface area is 199 Å². The van der Waals surface area contributed by atoms with Crippen molar-refractivity contribution >= 4 is 29.2 Å². The topological polar surface area (TPSA) is 78.7 Å². The molecular weight excluding hydrogens is 434 g/mol. The fourth-order valence-corrected chi connectivity index (χ4v) is 4.73. The Hall–Kier alpha value is -2.84. The van der Waals surface area contributed by atoms with Crippen LogP contribution >= 0.6 is 11.8 Å². The van der Waals surface area contributed by atoms with Gasteiger partial charge in [0.05, 0.1) is 12.2 Å². The predicted molar refractivity (Wildman–Crippen MR) is 131 cm³/mol. The van der Waals surface area contributed by atoms with Crippen LogP contribution in [-0.2, 0) is 10.5 Å². The molecule has 4 rings (SSSR count). The number of thioether (sulfide) groups is 1. The molecule has 0 bridgehead atoms. The van der Waals surface area contributed by atoms with Gasteiger partial charge < -0.3 is 15.0 Å². The van der Waals surface area contributed by atoms with Gasteiger partial charge in [-0.3, -0.25) is 14.5 Å². The Morgan fingerprint density at radius 3 is 2.64 bits per heavy atom. The normalized spacial score (nSPS) is 14.9. The van der Waals surface area contributed by atoms with E-state index in [2.05, 4.69) is 20.5 Å². The number of carbonyl (C=O) groups is 2. The summed E-state index contributed by atoms with van der Waals surface area (Å²) >= 11 is 1.71. The van der Waals surface area contributed by atoms with Crippen LogP contribution in [0.2, 0.25) is 0 Å². The molecule has 1 aromatic carbocycles. The van der Waals surface area contributed by atoms with Crippen LogP contribution < -0.4 is 10.6 Å². The van der Waals surface area contributed by atoms with E-state index in [0.29, 0.717) is 12.1 Å². The van der Waals surface area contributed by atoms with Crippen molar-refractivity contribution in [3.05, 3.63) is 66.1 Å². The highest BCUT2D eigenvalue weighted by Gasteiger charge is 2.22. The van der Waals surface area contributed by atoms with Crippen LogP contribution in [0, 0.1) is 0 Å². The summed E-state index contributed by atoms with van der Waals surface area (Å²) in [5.74, 6) is 0.826. The van der Waals surface area contributed by atoms with Crippen molar-refractivity contribution in [1.82, 2.24) is 24.9 Å². The molecule has 7 nitrogen and oxygen atoms in total. The van der Waals surface area contributed by atoms with Crippen molar-refractivity contribution in [2.24, 2.45) is 0 Å². The van der Waals surface area contributed by atoms with E-state index in [-0.39, 0.29) is 17.9 Å². The number of amides is 2. The summed E-state index contributed by atoms with van der Waals surface area (Å²) in [5, 5.41) is 6.07. The lowest BCUT2D eigenvalue weighted by molar-refractivity contribution is -0.122. The molecule has 0 unspecified atom stereocenters. The number of piperidine rings is 1. The molecule has 2 amide bonds. The number of hydrogen-bond donors (Lipinski definition) is 2. The Bertz CT molecular complexity index is 1040. The number of benzene rings is 1. The van der Waals surface area contributed by atoms with E-state index in [1.54, 1.807) is 11.8 Å². The molecule has 2 N–H and O–H groups in total. The van der Waals surface area contributed by atoms with E-state index in [4.69, 9.17) is 0 Å². The Balaban J connectivity index is 1.21. The standard InChI is InChI=1S/C25H31N5O2S/c1-2-12-26-24(31)17-29-14-10-20(11-15-29)28-25(32)19-6-8-22(9-7-19)33-18-21-16-30-13-4-3-5-23(30)27-21/h3-9,13,16,20H,2,10-12,14-15,17-18H2,1H3,(H,26,31)(H,28,32). The lowest BCUT2D eigenvalue weighted by atomic mass is 10.0. The molecule has 0 atom stereocenters. The fraction of sp³-hybridized carbons (Fsp3) is 0.400. The summed E-state index contributed by atoms with van der Waals surface area (Å²) in [5.41, 5.74) is 2.65. The second-order valence-electron chi connectivity index (χ2n) is 8.39. The molecule has 3 heterocycles. The van der Waals surface area contributed by atoms with Gasteiger partial charge in [0.25, 0.3) is 5.91 Å². The van der Waals surface area contributed by atoms with Crippen molar-refractivity contribution < 1.29 is 9.59 Å². The number of fused-ring (bicyclic) bond motifs is 1. The minimum Gasteiger partial charge on any atom is -0.355 e. The largest absolute Gasteiger partial charge is 0.355 e. The molecule has 0 saturated carbocycles. The molecule has 1 aliphatic heterocycles. The summed E-state index contributed by atoms with van der Waals surface area (Å²) in [6, 6.07) is 13.9. The maximum atomic E-state index is 12.7. The molecule has 1 saturated heterocycles. The zero-order valence-corrected chi connectivity index (χ0v) is 19.8. The van der Waals surface area contributed by atoms with Crippen LogP contribution in [0.25, 0.3) is 5.65 Å². The second kappa shape index (κ2) is 11.3. The number of rotatable bonds is 9. The highest BCUT2D eigenvalue weighted by Crippen LogP contribution is 2.23. The van der Waals surface area contributed by atoms with E-state index in [9.17, 15) is 9.59 Å². The van der Waals surface area contributed by atoms with Gasteiger partial charge in [-0.05, 0) is 55.7 Å². The lowest BCUT2D eigenvalue weighted by Crippen LogP contribution is -2.47. The van der Waals surface area contributed by atoms with Crippen LogP contribution in [0.1, 0.15) is 42.2 Å². The van der Waals surface area contributed by atoms with Crippen molar-refractivity contribution in [3.8, 4) is 0 Å². The van der Waals surface area contributed by atoms with Crippen LogP contribution in [0.15, 0.2) is 59.8 Å². The number of carbonyl (C=O) groups excluding carboxylic acids is 2.